The fraction of sp³-hybridized carbons (Fsp3) is 0. The normalized spacial score (nSPS) is 10.8. The molecule has 6 aromatic rings. The molecular weight excluding hydrogens is 516 g/mol. The Bertz CT molecular complexity index is 1560. The van der Waals surface area contributed by atoms with Crippen molar-refractivity contribution in [2.75, 3.05) is 0 Å². The van der Waals surface area contributed by atoms with E-state index in [-0.39, 0.29) is 0 Å². The Labute approximate surface area is 225 Å². The van der Waals surface area contributed by atoms with Gasteiger partial charge >= 0.3 is 0 Å². The minimum Gasteiger partial charge on any atom is -0.267 e. The number of aromatic nitrogens is 4. The lowest BCUT2D eigenvalue weighted by atomic mass is 10.2. The van der Waals surface area contributed by atoms with E-state index in [2.05, 4.69) is 21.0 Å². The molecule has 0 aliphatic carbocycles. The molecule has 0 fully saturated rings. The van der Waals surface area contributed by atoms with Crippen LogP contribution < -0.4 is 10.9 Å². The van der Waals surface area contributed by atoms with E-state index in [1.807, 2.05) is 95.7 Å². The molecule has 2 amide bonds. The zero-order valence-corrected chi connectivity index (χ0v) is 21.4. The highest BCUT2D eigenvalue weighted by atomic mass is 32.1. The van der Waals surface area contributed by atoms with Crippen molar-refractivity contribution >= 4 is 34.5 Å². The van der Waals surface area contributed by atoms with Crippen LogP contribution in [0.2, 0.25) is 0 Å². The predicted octanol–water partition coefficient (Wildman–Crippen LogP) is 5.59. The number of benzene rings is 2. The summed E-state index contributed by atoms with van der Waals surface area (Å²) in [5.41, 5.74) is 8.53. The molecule has 186 valence electrons. The minimum atomic E-state index is -0.475. The average Bonchev–Trinajstić information content (AvgIpc) is 3.78. The van der Waals surface area contributed by atoms with Gasteiger partial charge in [-0.3, -0.25) is 20.4 Å². The van der Waals surface area contributed by atoms with Crippen molar-refractivity contribution < 1.29 is 9.59 Å². The summed E-state index contributed by atoms with van der Waals surface area (Å²) >= 11 is 2.97. The monoisotopic (exact) mass is 536 g/mol. The molecule has 38 heavy (non-hydrogen) atoms. The maximum Gasteiger partial charge on any atom is 0.273 e. The summed E-state index contributed by atoms with van der Waals surface area (Å²) in [6.07, 6.45) is 3.33. The molecule has 0 saturated carbocycles. The van der Waals surface area contributed by atoms with E-state index in [9.17, 15) is 9.59 Å². The van der Waals surface area contributed by atoms with E-state index >= 15 is 0 Å². The van der Waals surface area contributed by atoms with Gasteiger partial charge in [-0.15, -0.1) is 22.7 Å². The molecule has 0 saturated heterocycles. The number of nitrogens with one attached hydrogen (secondary N) is 2. The summed E-state index contributed by atoms with van der Waals surface area (Å²) in [6.45, 7) is 0. The van der Waals surface area contributed by atoms with Crippen LogP contribution in [-0.4, -0.2) is 31.4 Å². The van der Waals surface area contributed by atoms with Gasteiger partial charge in [-0.2, -0.15) is 10.2 Å². The molecule has 0 aliphatic heterocycles. The van der Waals surface area contributed by atoms with E-state index in [4.69, 9.17) is 0 Å². The van der Waals surface area contributed by atoms with Crippen molar-refractivity contribution in [3.05, 3.63) is 119 Å². The second-order valence-electron chi connectivity index (χ2n) is 8.21. The first-order chi connectivity index (χ1) is 18.7. The summed E-state index contributed by atoms with van der Waals surface area (Å²) in [4.78, 5) is 28.3. The fourth-order valence-corrected chi connectivity index (χ4v) is 5.39. The molecule has 0 aliphatic rings. The number of para-hydroxylation sites is 2. The maximum atomic E-state index is 13.3. The maximum absolute atomic E-state index is 13.3. The molecule has 10 heteroatoms. The summed E-state index contributed by atoms with van der Waals surface area (Å²) < 4.78 is 3.31. The van der Waals surface area contributed by atoms with Crippen LogP contribution in [0.15, 0.2) is 108 Å². The van der Waals surface area contributed by atoms with Crippen LogP contribution in [0.1, 0.15) is 20.7 Å². The van der Waals surface area contributed by atoms with Crippen LogP contribution in [0.5, 0.6) is 0 Å². The molecule has 0 spiro atoms. The van der Waals surface area contributed by atoms with Crippen LogP contribution in [0.4, 0.5) is 0 Å². The zero-order valence-electron chi connectivity index (χ0n) is 19.8. The van der Waals surface area contributed by atoms with E-state index in [0.29, 0.717) is 22.5 Å². The van der Waals surface area contributed by atoms with Gasteiger partial charge < -0.3 is 0 Å². The van der Waals surface area contributed by atoms with Crippen molar-refractivity contribution in [1.82, 2.24) is 30.4 Å². The predicted molar refractivity (Wildman–Crippen MR) is 149 cm³/mol. The van der Waals surface area contributed by atoms with Gasteiger partial charge in [0.1, 0.15) is 11.4 Å². The van der Waals surface area contributed by atoms with Gasteiger partial charge in [0.2, 0.25) is 0 Å². The first kappa shape index (κ1) is 23.6. The van der Waals surface area contributed by atoms with Crippen molar-refractivity contribution in [3.8, 4) is 32.5 Å². The third kappa shape index (κ3) is 4.65. The fourth-order valence-electron chi connectivity index (χ4n) is 3.94. The number of nitrogens with zero attached hydrogens (tertiary/aromatic N) is 4. The van der Waals surface area contributed by atoms with E-state index in [1.165, 1.54) is 22.7 Å². The Hall–Kier alpha value is -4.80. The smallest absolute Gasteiger partial charge is 0.267 e. The summed E-state index contributed by atoms with van der Waals surface area (Å²) in [7, 11) is 0. The average molecular weight is 537 g/mol. The Balaban J connectivity index is 1.28. The van der Waals surface area contributed by atoms with Crippen LogP contribution >= 0.6 is 22.7 Å². The Morgan fingerprint density at radius 2 is 1.00 bits per heavy atom. The number of amides is 2. The third-order valence-corrected chi connectivity index (χ3v) is 7.51. The van der Waals surface area contributed by atoms with Gasteiger partial charge in [0, 0.05) is 12.4 Å². The van der Waals surface area contributed by atoms with Crippen LogP contribution in [0, 0.1) is 0 Å². The van der Waals surface area contributed by atoms with E-state index in [0.717, 1.165) is 21.1 Å². The van der Waals surface area contributed by atoms with E-state index < -0.39 is 11.8 Å². The van der Waals surface area contributed by atoms with Crippen molar-refractivity contribution in [2.24, 2.45) is 0 Å². The van der Waals surface area contributed by atoms with Crippen LogP contribution in [0.3, 0.4) is 0 Å². The Morgan fingerprint density at radius 1 is 0.579 bits per heavy atom. The number of thiophene rings is 2. The number of hydrazine groups is 1. The topological polar surface area (TPSA) is 93.8 Å². The number of carbonyl (C=O) groups is 2. The minimum absolute atomic E-state index is 0.343. The zero-order chi connectivity index (χ0) is 25.9. The first-order valence-corrected chi connectivity index (χ1v) is 13.4. The van der Waals surface area contributed by atoms with Crippen LogP contribution in [0.25, 0.3) is 32.5 Å². The summed E-state index contributed by atoms with van der Waals surface area (Å²) in [6, 6.07) is 26.7. The Kier molecular flexibility index (Phi) is 6.39. The number of hydrogen-bond acceptors (Lipinski definition) is 6. The van der Waals surface area contributed by atoms with Gasteiger partial charge in [-0.1, -0.05) is 48.5 Å². The largest absolute Gasteiger partial charge is 0.273 e. The highest BCUT2D eigenvalue weighted by Crippen LogP contribution is 2.29. The van der Waals surface area contributed by atoms with Gasteiger partial charge in [-0.05, 0) is 47.2 Å². The highest BCUT2D eigenvalue weighted by molar-refractivity contribution is 7.13. The molecule has 4 aromatic heterocycles. The van der Waals surface area contributed by atoms with Gasteiger partial charge in [0.05, 0.1) is 32.3 Å². The van der Waals surface area contributed by atoms with Gasteiger partial charge in [0.25, 0.3) is 11.8 Å². The third-order valence-electron chi connectivity index (χ3n) is 5.76. The lowest BCUT2D eigenvalue weighted by Gasteiger charge is -2.07. The number of rotatable bonds is 6. The molecule has 0 atom stereocenters. The molecule has 0 unspecified atom stereocenters. The first-order valence-electron chi connectivity index (χ1n) is 11.7. The molecule has 0 radical (unpaired) electrons. The van der Waals surface area contributed by atoms with Crippen LogP contribution in [-0.2, 0) is 0 Å². The molecular formula is C28H20N6O2S2. The Morgan fingerprint density at radius 3 is 1.37 bits per heavy atom. The highest BCUT2D eigenvalue weighted by Gasteiger charge is 2.23. The summed E-state index contributed by atoms with van der Waals surface area (Å²) in [5, 5.41) is 13.2. The van der Waals surface area contributed by atoms with Crippen molar-refractivity contribution in [3.63, 3.8) is 0 Å². The van der Waals surface area contributed by atoms with Crippen molar-refractivity contribution in [2.45, 2.75) is 0 Å². The van der Waals surface area contributed by atoms with Gasteiger partial charge in [-0.25, -0.2) is 9.36 Å². The lowest BCUT2D eigenvalue weighted by Crippen LogP contribution is -2.41. The molecule has 8 nitrogen and oxygen atoms in total. The molecule has 4 heterocycles. The standard InChI is InChI=1S/C28H20N6O2S2/c35-27(21-17-33(19-9-3-1-4-10-19)31-25(21)23-13-7-15-37-23)29-30-28(36)22-18-34(20-11-5-2-6-12-20)32-26(22)24-14-8-16-38-24/h1-18H,(H,29,35)(H,30,36). The molecule has 2 N–H and O–H groups in total. The molecule has 0 bridgehead atoms. The van der Waals surface area contributed by atoms with Gasteiger partial charge in [0.15, 0.2) is 0 Å². The molecule has 6 rings (SSSR count). The number of carbonyl (C=O) groups excluding carboxylic acids is 2. The van der Waals surface area contributed by atoms with E-state index in [1.54, 1.807) is 21.8 Å². The quantitative estimate of drug-likeness (QED) is 0.271. The number of hydrogen-bond donors (Lipinski definition) is 2. The summed E-state index contributed by atoms with van der Waals surface area (Å²) in [5.74, 6) is -0.950. The lowest BCUT2D eigenvalue weighted by molar-refractivity contribution is 0.0847. The second-order valence-corrected chi connectivity index (χ2v) is 10.1. The molecule has 2 aromatic carbocycles. The SMILES string of the molecule is O=C(NNC(=O)c1cn(-c2ccccc2)nc1-c1cccs1)c1cn(-c2ccccc2)nc1-c1cccs1. The van der Waals surface area contributed by atoms with Crippen molar-refractivity contribution in [1.29, 1.82) is 0 Å². The second kappa shape index (κ2) is 10.3.